The molecule has 0 aliphatic heterocycles. The predicted molar refractivity (Wildman–Crippen MR) is 42.2 cm³/mol. The van der Waals surface area contributed by atoms with Crippen LogP contribution in [-0.2, 0) is 11.2 Å². The molecule has 0 aromatic carbocycles. The normalized spacial score (nSPS) is 25.9. The van der Waals surface area contributed by atoms with Crippen LogP contribution in [0.25, 0.3) is 0 Å². The van der Waals surface area contributed by atoms with Crippen molar-refractivity contribution < 1.29 is 14.4 Å². The number of carboxylic acids is 1. The Morgan fingerprint density at radius 2 is 2.46 bits per heavy atom. The standard InChI is InChI=1S/C8H10N2O3/c1-4-2-5(4)8-9-6(13-10-8)3-7(11)12/h4-5H,2-3H2,1H3,(H,11,12)/t4-,5+/m0/s1. The number of rotatable bonds is 3. The average Bonchev–Trinajstić information content (AvgIpc) is 2.60. The number of nitrogens with zero attached hydrogens (tertiary/aromatic N) is 2. The minimum Gasteiger partial charge on any atom is -0.481 e. The van der Waals surface area contributed by atoms with Crippen molar-refractivity contribution in [2.75, 3.05) is 0 Å². The maximum atomic E-state index is 10.3. The van der Waals surface area contributed by atoms with Gasteiger partial charge in [-0.25, -0.2) is 0 Å². The van der Waals surface area contributed by atoms with E-state index >= 15 is 0 Å². The first-order valence-electron chi connectivity index (χ1n) is 4.21. The molecule has 1 saturated carbocycles. The summed E-state index contributed by atoms with van der Waals surface area (Å²) in [6, 6.07) is 0. The second-order valence-electron chi connectivity index (χ2n) is 3.44. The number of carbonyl (C=O) groups is 1. The lowest BCUT2D eigenvalue weighted by molar-refractivity contribution is -0.136. The summed E-state index contributed by atoms with van der Waals surface area (Å²) < 4.78 is 4.78. The summed E-state index contributed by atoms with van der Waals surface area (Å²) in [6.07, 6.45) is 0.889. The third kappa shape index (κ3) is 1.68. The SMILES string of the molecule is C[C@H]1C[C@H]1c1noc(CC(=O)O)n1. The Hall–Kier alpha value is -1.39. The fourth-order valence-electron chi connectivity index (χ4n) is 1.30. The molecule has 1 heterocycles. The summed E-state index contributed by atoms with van der Waals surface area (Å²) in [5, 5.41) is 12.2. The maximum Gasteiger partial charge on any atom is 0.312 e. The molecule has 13 heavy (non-hydrogen) atoms. The second-order valence-corrected chi connectivity index (χ2v) is 3.44. The molecule has 5 nitrogen and oxygen atoms in total. The third-order valence-corrected chi connectivity index (χ3v) is 2.23. The number of hydrogen-bond donors (Lipinski definition) is 1. The van der Waals surface area contributed by atoms with E-state index in [1.54, 1.807) is 0 Å². The van der Waals surface area contributed by atoms with Crippen LogP contribution < -0.4 is 0 Å². The lowest BCUT2D eigenvalue weighted by Crippen LogP contribution is -2.00. The van der Waals surface area contributed by atoms with Gasteiger partial charge in [0.25, 0.3) is 0 Å². The molecule has 0 bridgehead atoms. The zero-order chi connectivity index (χ0) is 9.42. The van der Waals surface area contributed by atoms with Gasteiger partial charge in [-0.15, -0.1) is 0 Å². The van der Waals surface area contributed by atoms with Gasteiger partial charge in [0.2, 0.25) is 5.89 Å². The first-order chi connectivity index (χ1) is 6.16. The summed E-state index contributed by atoms with van der Waals surface area (Å²) in [5.41, 5.74) is 0. The van der Waals surface area contributed by atoms with Gasteiger partial charge in [-0.2, -0.15) is 4.98 Å². The van der Waals surface area contributed by atoms with Crippen LogP contribution in [0.15, 0.2) is 4.52 Å². The van der Waals surface area contributed by atoms with Gasteiger partial charge in [0.15, 0.2) is 5.82 Å². The number of hydrogen-bond acceptors (Lipinski definition) is 4. The highest BCUT2D eigenvalue weighted by atomic mass is 16.5. The quantitative estimate of drug-likeness (QED) is 0.748. The number of aromatic nitrogens is 2. The highest BCUT2D eigenvalue weighted by Crippen LogP contribution is 2.45. The van der Waals surface area contributed by atoms with Gasteiger partial charge in [0.1, 0.15) is 6.42 Å². The molecule has 0 spiro atoms. The van der Waals surface area contributed by atoms with E-state index in [1.165, 1.54) is 0 Å². The summed E-state index contributed by atoms with van der Waals surface area (Å²) in [7, 11) is 0. The molecule has 70 valence electrons. The van der Waals surface area contributed by atoms with Crippen LogP contribution in [0.1, 0.15) is 31.0 Å². The minimum atomic E-state index is -0.945. The zero-order valence-electron chi connectivity index (χ0n) is 7.23. The van der Waals surface area contributed by atoms with E-state index in [-0.39, 0.29) is 12.3 Å². The Bertz CT molecular complexity index is 334. The molecule has 2 atom stereocenters. The van der Waals surface area contributed by atoms with Crippen molar-refractivity contribution in [1.82, 2.24) is 10.1 Å². The summed E-state index contributed by atoms with van der Waals surface area (Å²) in [6.45, 7) is 2.11. The van der Waals surface area contributed by atoms with E-state index in [0.717, 1.165) is 6.42 Å². The van der Waals surface area contributed by atoms with E-state index < -0.39 is 5.97 Å². The van der Waals surface area contributed by atoms with Crippen molar-refractivity contribution >= 4 is 5.97 Å². The van der Waals surface area contributed by atoms with E-state index in [0.29, 0.717) is 17.7 Å². The number of aliphatic carboxylic acids is 1. The van der Waals surface area contributed by atoms with Crippen LogP contribution in [0.3, 0.4) is 0 Å². The van der Waals surface area contributed by atoms with Gasteiger partial charge in [-0.1, -0.05) is 12.1 Å². The Morgan fingerprint density at radius 1 is 1.77 bits per heavy atom. The summed E-state index contributed by atoms with van der Waals surface area (Å²) in [4.78, 5) is 14.3. The van der Waals surface area contributed by atoms with Crippen molar-refractivity contribution in [1.29, 1.82) is 0 Å². The first-order valence-corrected chi connectivity index (χ1v) is 4.21. The molecule has 1 aromatic rings. The van der Waals surface area contributed by atoms with Gasteiger partial charge in [0, 0.05) is 5.92 Å². The molecule has 0 unspecified atom stereocenters. The lowest BCUT2D eigenvalue weighted by atomic mass is 10.3. The van der Waals surface area contributed by atoms with Gasteiger partial charge in [-0.3, -0.25) is 4.79 Å². The van der Waals surface area contributed by atoms with Gasteiger partial charge < -0.3 is 9.63 Å². The van der Waals surface area contributed by atoms with Crippen molar-refractivity contribution in [3.63, 3.8) is 0 Å². The average molecular weight is 182 g/mol. The first kappa shape index (κ1) is 8.22. The molecule has 0 amide bonds. The summed E-state index contributed by atoms with van der Waals surface area (Å²) >= 11 is 0. The highest BCUT2D eigenvalue weighted by molar-refractivity contribution is 5.68. The molecule has 5 heteroatoms. The lowest BCUT2D eigenvalue weighted by Gasteiger charge is -1.84. The molecule has 1 fully saturated rings. The van der Waals surface area contributed by atoms with E-state index in [9.17, 15) is 4.79 Å². The molecule has 0 saturated heterocycles. The molecular weight excluding hydrogens is 172 g/mol. The predicted octanol–water partition coefficient (Wildman–Crippen LogP) is 0.820. The monoisotopic (exact) mass is 182 g/mol. The van der Waals surface area contributed by atoms with Crippen LogP contribution >= 0.6 is 0 Å². The topological polar surface area (TPSA) is 76.2 Å². The van der Waals surface area contributed by atoms with Crippen molar-refractivity contribution in [3.8, 4) is 0 Å². The molecule has 1 aliphatic rings. The molecule has 1 aromatic heterocycles. The molecule has 1 aliphatic carbocycles. The summed E-state index contributed by atoms with van der Waals surface area (Å²) in [5.74, 6) is 0.894. The van der Waals surface area contributed by atoms with Gasteiger partial charge in [-0.05, 0) is 12.3 Å². The Labute approximate surface area is 74.8 Å². The van der Waals surface area contributed by atoms with Crippen LogP contribution in [0.5, 0.6) is 0 Å². The van der Waals surface area contributed by atoms with Crippen LogP contribution in [-0.4, -0.2) is 21.2 Å². The highest BCUT2D eigenvalue weighted by Gasteiger charge is 2.38. The van der Waals surface area contributed by atoms with Crippen LogP contribution in [0.4, 0.5) is 0 Å². The zero-order valence-corrected chi connectivity index (χ0v) is 7.23. The fourth-order valence-corrected chi connectivity index (χ4v) is 1.30. The van der Waals surface area contributed by atoms with Crippen molar-refractivity contribution in [2.45, 2.75) is 25.7 Å². The van der Waals surface area contributed by atoms with E-state index in [4.69, 9.17) is 9.63 Å². The Morgan fingerprint density at radius 3 is 3.00 bits per heavy atom. The fraction of sp³-hybridized carbons (Fsp3) is 0.625. The van der Waals surface area contributed by atoms with Crippen LogP contribution in [0, 0.1) is 5.92 Å². The van der Waals surface area contributed by atoms with E-state index in [1.807, 2.05) is 0 Å². The Kier molecular flexibility index (Phi) is 1.79. The maximum absolute atomic E-state index is 10.3. The van der Waals surface area contributed by atoms with Gasteiger partial charge in [0.05, 0.1) is 0 Å². The Balaban J connectivity index is 2.05. The molecule has 2 rings (SSSR count). The minimum absolute atomic E-state index is 0.186. The van der Waals surface area contributed by atoms with Crippen molar-refractivity contribution in [3.05, 3.63) is 11.7 Å². The van der Waals surface area contributed by atoms with E-state index in [2.05, 4.69) is 17.1 Å². The third-order valence-electron chi connectivity index (χ3n) is 2.23. The second kappa shape index (κ2) is 2.83. The van der Waals surface area contributed by atoms with Crippen LogP contribution in [0.2, 0.25) is 0 Å². The molecule has 1 N–H and O–H groups in total. The molecular formula is C8H10N2O3. The van der Waals surface area contributed by atoms with Crippen molar-refractivity contribution in [2.24, 2.45) is 5.92 Å². The smallest absolute Gasteiger partial charge is 0.312 e. The number of carboxylic acid groups (broad SMARTS) is 1. The largest absolute Gasteiger partial charge is 0.481 e. The van der Waals surface area contributed by atoms with Gasteiger partial charge >= 0.3 is 5.97 Å². The molecule has 0 radical (unpaired) electrons.